The van der Waals surface area contributed by atoms with Crippen LogP contribution in [0.15, 0.2) is 180 Å². The molecule has 0 aliphatic rings. The molecule has 0 radical (unpaired) electrons. The lowest BCUT2D eigenvalue weighted by Crippen LogP contribution is -2.01. The number of benzene rings is 8. The zero-order chi connectivity index (χ0) is 36.0. The maximum Gasteiger partial charge on any atom is 0.173 e. The van der Waals surface area contributed by atoms with Gasteiger partial charge >= 0.3 is 0 Å². The molecule has 0 atom stereocenters. The Morgan fingerprint density at radius 1 is 0.510 bits per heavy atom. The quantitative estimate of drug-likeness (QED) is 0.0451. The number of thiol groups is 1. The normalized spacial score (nSPS) is 10.4. The van der Waals surface area contributed by atoms with Gasteiger partial charge in [-0.25, -0.2) is 0 Å². The first-order chi connectivity index (χ1) is 25.0. The number of alkyl halides is 2. The summed E-state index contributed by atoms with van der Waals surface area (Å²) in [5.74, 6) is 0.741. The summed E-state index contributed by atoms with van der Waals surface area (Å²) in [6.07, 6.45) is 0. The number of hydrogen-bond acceptors (Lipinski definition) is 4. The molecule has 8 rings (SSSR count). The summed E-state index contributed by atoms with van der Waals surface area (Å²) in [4.78, 5) is 27.5. The van der Waals surface area contributed by atoms with Crippen LogP contribution in [0.5, 0.6) is 0 Å². The molecular weight excluding hydrogens is 843 g/mol. The van der Waals surface area contributed by atoms with Crippen molar-refractivity contribution >= 4 is 118 Å². The maximum absolute atomic E-state index is 12.4. The van der Waals surface area contributed by atoms with Crippen molar-refractivity contribution in [1.29, 1.82) is 0 Å². The van der Waals surface area contributed by atoms with Crippen molar-refractivity contribution in [2.75, 3.05) is 16.0 Å². The first kappa shape index (κ1) is 38.3. The predicted molar refractivity (Wildman–Crippen MR) is 236 cm³/mol. The standard InChI is InChI=1S/C22H16OS.C14H10S.C8H7BrO.CH3I/c23-21(16-8-2-1-3-9-16)15-24-22-14-17-10-4-5-11-18(17)19-12-6-7-13-20(19)22;15-14-9-10-5-1-2-6-11(10)12-7-3-4-8-13(12)14;9-6-8(10)7-4-2-1-3-5-7;1-2/h1-14H,15H2;1-9,15H;1-5H,6H2;1H3. The van der Waals surface area contributed by atoms with E-state index >= 15 is 0 Å². The number of halogens is 2. The topological polar surface area (TPSA) is 34.1 Å². The van der Waals surface area contributed by atoms with Crippen LogP contribution in [0.25, 0.3) is 43.1 Å². The van der Waals surface area contributed by atoms with Gasteiger partial charge in [-0.1, -0.05) is 196 Å². The zero-order valence-corrected chi connectivity index (χ0v) is 33.5. The molecule has 0 saturated carbocycles. The van der Waals surface area contributed by atoms with E-state index in [-0.39, 0.29) is 11.6 Å². The first-order valence-electron chi connectivity index (χ1n) is 16.3. The number of Topliss-reactive ketones (excluding diaryl/α,β-unsaturated/α-hetero) is 2. The highest BCUT2D eigenvalue weighted by Crippen LogP contribution is 2.35. The number of ketones is 2. The van der Waals surface area contributed by atoms with Gasteiger partial charge in [0.25, 0.3) is 0 Å². The van der Waals surface area contributed by atoms with E-state index in [2.05, 4.69) is 160 Å². The number of carbonyl (C=O) groups excluding carboxylic acids is 2. The van der Waals surface area contributed by atoms with Gasteiger partial charge in [-0.15, -0.1) is 24.4 Å². The summed E-state index contributed by atoms with van der Waals surface area (Å²) in [7, 11) is 0. The Labute approximate surface area is 331 Å². The summed E-state index contributed by atoms with van der Waals surface area (Å²) in [6.45, 7) is 0. The Kier molecular flexibility index (Phi) is 14.7. The monoisotopic (exact) mass is 878 g/mol. The number of thioether (sulfide) groups is 1. The van der Waals surface area contributed by atoms with Crippen LogP contribution in [0.3, 0.4) is 0 Å². The first-order valence-corrected chi connectivity index (χ1v) is 21.0. The van der Waals surface area contributed by atoms with Gasteiger partial charge in [-0.3, -0.25) is 9.59 Å². The van der Waals surface area contributed by atoms with Crippen molar-refractivity contribution in [1.82, 2.24) is 0 Å². The average Bonchev–Trinajstić information content (AvgIpc) is 3.21. The molecular formula is C45H36BrIO2S2. The molecule has 0 amide bonds. The summed E-state index contributed by atoms with van der Waals surface area (Å²) in [5, 5.41) is 10.4. The fourth-order valence-corrected chi connectivity index (χ4v) is 7.38. The molecule has 0 saturated heterocycles. The van der Waals surface area contributed by atoms with Crippen molar-refractivity contribution in [3.63, 3.8) is 0 Å². The second kappa shape index (κ2) is 19.6. The number of carbonyl (C=O) groups is 2. The molecule has 0 aliphatic heterocycles. The van der Waals surface area contributed by atoms with Gasteiger partial charge in [0.15, 0.2) is 11.6 Å². The molecule has 254 valence electrons. The Balaban J connectivity index is 0.000000159. The fourth-order valence-electron chi connectivity index (χ4n) is 5.73. The Bertz CT molecular complexity index is 2380. The van der Waals surface area contributed by atoms with Crippen LogP contribution in [-0.4, -0.2) is 27.6 Å². The Hall–Kier alpha value is -3.95. The smallest absolute Gasteiger partial charge is 0.173 e. The SMILES string of the molecule is CI.O=C(CBr)c1ccccc1.O=C(CSc1cc2ccccc2c2ccccc12)c1ccccc1.Sc1cc2ccccc2c2ccccc12. The maximum atomic E-state index is 12.4. The largest absolute Gasteiger partial charge is 0.293 e. The minimum atomic E-state index is 0.126. The molecule has 8 aromatic rings. The van der Waals surface area contributed by atoms with Crippen LogP contribution < -0.4 is 0 Å². The molecule has 0 N–H and O–H groups in total. The minimum Gasteiger partial charge on any atom is -0.293 e. The van der Waals surface area contributed by atoms with E-state index in [1.807, 2.05) is 65.6 Å². The highest BCUT2D eigenvalue weighted by atomic mass is 127. The Morgan fingerprint density at radius 2 is 0.902 bits per heavy atom. The third kappa shape index (κ3) is 9.89. The summed E-state index contributed by atoms with van der Waals surface area (Å²) < 4.78 is 0. The second-order valence-corrected chi connectivity index (χ2v) is 13.4. The number of rotatable bonds is 6. The fraction of sp³-hybridized carbons (Fsp3) is 0.0667. The molecule has 51 heavy (non-hydrogen) atoms. The van der Waals surface area contributed by atoms with E-state index in [0.29, 0.717) is 11.1 Å². The van der Waals surface area contributed by atoms with Crippen LogP contribution in [-0.2, 0) is 0 Å². The van der Waals surface area contributed by atoms with Crippen molar-refractivity contribution in [3.8, 4) is 0 Å². The van der Waals surface area contributed by atoms with E-state index in [1.165, 1.54) is 43.1 Å². The predicted octanol–water partition coefficient (Wildman–Crippen LogP) is 13.6. The van der Waals surface area contributed by atoms with E-state index < -0.39 is 0 Å². The average molecular weight is 880 g/mol. The molecule has 0 fully saturated rings. The van der Waals surface area contributed by atoms with Crippen LogP contribution in [0.1, 0.15) is 20.7 Å². The van der Waals surface area contributed by atoms with Crippen molar-refractivity contribution in [3.05, 3.63) is 181 Å². The van der Waals surface area contributed by atoms with Gasteiger partial charge in [0.1, 0.15) is 0 Å². The lowest BCUT2D eigenvalue weighted by atomic mass is 10.0. The third-order valence-corrected chi connectivity index (χ3v) is 10.1. The number of hydrogen-bond donors (Lipinski definition) is 1. The molecule has 0 spiro atoms. The van der Waals surface area contributed by atoms with Crippen molar-refractivity contribution < 1.29 is 9.59 Å². The summed E-state index contributed by atoms with van der Waals surface area (Å²) in [6, 6.07) is 56.7. The third-order valence-electron chi connectivity index (χ3n) is 8.15. The highest BCUT2D eigenvalue weighted by Gasteiger charge is 2.10. The van der Waals surface area contributed by atoms with E-state index in [4.69, 9.17) is 0 Å². The minimum absolute atomic E-state index is 0.126. The van der Waals surface area contributed by atoms with Gasteiger partial charge in [-0.05, 0) is 60.2 Å². The molecule has 2 nitrogen and oxygen atoms in total. The molecule has 0 aliphatic carbocycles. The highest BCUT2D eigenvalue weighted by molar-refractivity contribution is 14.1. The van der Waals surface area contributed by atoms with Gasteiger partial charge in [0, 0.05) is 20.9 Å². The molecule has 0 heterocycles. The van der Waals surface area contributed by atoms with Crippen molar-refractivity contribution in [2.24, 2.45) is 0 Å². The van der Waals surface area contributed by atoms with Gasteiger partial charge in [0.2, 0.25) is 0 Å². The molecule has 6 heteroatoms. The Morgan fingerprint density at radius 3 is 1.43 bits per heavy atom. The van der Waals surface area contributed by atoms with Gasteiger partial charge in [0.05, 0.1) is 11.1 Å². The zero-order valence-electron chi connectivity index (χ0n) is 28.0. The van der Waals surface area contributed by atoms with E-state index in [0.717, 1.165) is 20.9 Å². The van der Waals surface area contributed by atoms with E-state index in [1.54, 1.807) is 11.8 Å². The summed E-state index contributed by atoms with van der Waals surface area (Å²) >= 11 is 11.4. The number of fused-ring (bicyclic) bond motifs is 6. The molecule has 0 aromatic heterocycles. The van der Waals surface area contributed by atoms with Crippen LogP contribution in [0.2, 0.25) is 0 Å². The summed E-state index contributed by atoms with van der Waals surface area (Å²) in [5.41, 5.74) is 1.54. The lowest BCUT2D eigenvalue weighted by Gasteiger charge is -2.10. The van der Waals surface area contributed by atoms with E-state index in [9.17, 15) is 9.59 Å². The molecule has 8 aromatic carbocycles. The second-order valence-electron chi connectivity index (χ2n) is 11.3. The lowest BCUT2D eigenvalue weighted by molar-refractivity contribution is 0.101. The van der Waals surface area contributed by atoms with Crippen LogP contribution >= 0.6 is 62.9 Å². The van der Waals surface area contributed by atoms with Gasteiger partial charge in [-0.2, -0.15) is 0 Å². The molecule has 0 unspecified atom stereocenters. The van der Waals surface area contributed by atoms with Crippen LogP contribution in [0.4, 0.5) is 0 Å². The molecule has 0 bridgehead atoms. The van der Waals surface area contributed by atoms with Crippen molar-refractivity contribution in [2.45, 2.75) is 9.79 Å². The van der Waals surface area contributed by atoms with Crippen LogP contribution in [0, 0.1) is 0 Å². The van der Waals surface area contributed by atoms with Gasteiger partial charge < -0.3 is 0 Å².